The molecule has 0 saturated carbocycles. The van der Waals surface area contributed by atoms with E-state index in [1.807, 2.05) is 0 Å². The molecule has 0 aliphatic rings. The van der Waals surface area contributed by atoms with Crippen LogP contribution in [0.3, 0.4) is 0 Å². The molecule has 2 aromatic rings. The van der Waals surface area contributed by atoms with E-state index in [-0.39, 0.29) is 21.4 Å². The summed E-state index contributed by atoms with van der Waals surface area (Å²) in [5.74, 6) is 0. The van der Waals surface area contributed by atoms with Gasteiger partial charge in [0.15, 0.2) is 0 Å². The highest BCUT2D eigenvalue weighted by molar-refractivity contribution is 6.42. The number of nitrogens with zero attached hydrogens (tertiary/aromatic N) is 1. The zero-order valence-corrected chi connectivity index (χ0v) is 13.0. The van der Waals surface area contributed by atoms with Gasteiger partial charge in [-0.25, -0.2) is 4.79 Å². The Bertz CT molecular complexity index is 753. The Morgan fingerprint density at radius 3 is 2.27 bits per heavy atom. The van der Waals surface area contributed by atoms with Crippen LogP contribution in [-0.4, -0.2) is 11.0 Å². The van der Waals surface area contributed by atoms with E-state index in [1.54, 1.807) is 6.07 Å². The van der Waals surface area contributed by atoms with Crippen molar-refractivity contribution < 1.29 is 9.72 Å². The fourth-order valence-electron chi connectivity index (χ4n) is 1.58. The van der Waals surface area contributed by atoms with Gasteiger partial charge >= 0.3 is 6.03 Å². The number of hydrogen-bond donors (Lipinski definition) is 2. The predicted octanol–water partition coefficient (Wildman–Crippen LogP) is 5.20. The van der Waals surface area contributed by atoms with Gasteiger partial charge in [0.05, 0.1) is 25.7 Å². The number of hydrogen-bond acceptors (Lipinski definition) is 3. The molecule has 0 atom stereocenters. The molecule has 0 fully saturated rings. The molecule has 0 heterocycles. The summed E-state index contributed by atoms with van der Waals surface area (Å²) in [4.78, 5) is 22.0. The quantitative estimate of drug-likeness (QED) is 0.583. The molecule has 2 rings (SSSR count). The predicted molar refractivity (Wildman–Crippen MR) is 87.2 cm³/mol. The summed E-state index contributed by atoms with van der Waals surface area (Å²) in [6.45, 7) is 0. The van der Waals surface area contributed by atoms with Crippen molar-refractivity contribution in [2.24, 2.45) is 0 Å². The minimum atomic E-state index is -0.624. The van der Waals surface area contributed by atoms with E-state index in [0.29, 0.717) is 10.7 Å². The first-order valence-corrected chi connectivity index (χ1v) is 6.97. The number of non-ortho nitro benzene ring substituents is 1. The molecule has 0 spiro atoms. The summed E-state index contributed by atoms with van der Waals surface area (Å²) in [6, 6.07) is 7.66. The van der Waals surface area contributed by atoms with Crippen LogP contribution in [0.25, 0.3) is 0 Å². The monoisotopic (exact) mass is 359 g/mol. The standard InChI is InChI=1S/C13H8Cl3N3O3/c14-9-3-1-7(5-11(9)16)17-13(20)18-12-6-8(19(21)22)2-4-10(12)15/h1-6H,(H2,17,18,20). The smallest absolute Gasteiger partial charge is 0.308 e. The van der Waals surface area contributed by atoms with E-state index in [0.717, 1.165) is 6.07 Å². The number of carbonyl (C=O) groups is 1. The lowest BCUT2D eigenvalue weighted by atomic mass is 10.3. The highest BCUT2D eigenvalue weighted by atomic mass is 35.5. The molecule has 0 radical (unpaired) electrons. The largest absolute Gasteiger partial charge is 0.323 e. The first kappa shape index (κ1) is 16.4. The van der Waals surface area contributed by atoms with Crippen molar-refractivity contribution in [2.75, 3.05) is 10.6 Å². The third kappa shape index (κ3) is 4.00. The highest BCUT2D eigenvalue weighted by Gasteiger charge is 2.12. The fraction of sp³-hybridized carbons (Fsp3) is 0. The lowest BCUT2D eigenvalue weighted by Crippen LogP contribution is -2.19. The number of anilines is 2. The molecular weight excluding hydrogens is 353 g/mol. The SMILES string of the molecule is O=C(Nc1ccc(Cl)c(Cl)c1)Nc1cc([N+](=O)[O-])ccc1Cl. The number of carbonyl (C=O) groups excluding carboxylic acids is 1. The van der Waals surface area contributed by atoms with E-state index in [9.17, 15) is 14.9 Å². The van der Waals surface area contributed by atoms with Crippen LogP contribution in [0.5, 0.6) is 0 Å². The Balaban J connectivity index is 2.13. The maximum atomic E-state index is 11.9. The van der Waals surface area contributed by atoms with Crippen LogP contribution in [0.4, 0.5) is 21.9 Å². The Morgan fingerprint density at radius 1 is 0.955 bits per heavy atom. The van der Waals surface area contributed by atoms with Gasteiger partial charge in [-0.2, -0.15) is 0 Å². The van der Waals surface area contributed by atoms with Gasteiger partial charge in [-0.3, -0.25) is 10.1 Å². The van der Waals surface area contributed by atoms with Crippen molar-refractivity contribution >= 4 is 57.9 Å². The maximum absolute atomic E-state index is 11.9. The average molecular weight is 361 g/mol. The zero-order chi connectivity index (χ0) is 16.3. The minimum absolute atomic E-state index is 0.119. The molecular formula is C13H8Cl3N3O3. The van der Waals surface area contributed by atoms with Crippen LogP contribution < -0.4 is 10.6 Å². The number of halogens is 3. The number of benzene rings is 2. The van der Waals surface area contributed by atoms with Gasteiger partial charge in [-0.15, -0.1) is 0 Å². The van der Waals surface area contributed by atoms with Crippen LogP contribution in [0.15, 0.2) is 36.4 Å². The number of urea groups is 1. The van der Waals surface area contributed by atoms with Gasteiger partial charge in [0.1, 0.15) is 0 Å². The number of nitro benzene ring substituents is 1. The summed E-state index contributed by atoms with van der Waals surface area (Å²) in [5, 5.41) is 16.5. The Morgan fingerprint density at radius 2 is 1.64 bits per heavy atom. The van der Waals surface area contributed by atoms with Crippen molar-refractivity contribution in [1.29, 1.82) is 0 Å². The molecule has 0 aliphatic carbocycles. The average Bonchev–Trinajstić information content (AvgIpc) is 2.45. The second kappa shape index (κ2) is 6.83. The second-order valence-electron chi connectivity index (χ2n) is 4.13. The van der Waals surface area contributed by atoms with Crippen molar-refractivity contribution in [3.05, 3.63) is 61.6 Å². The molecule has 9 heteroatoms. The summed E-state index contributed by atoms with van der Waals surface area (Å²) in [5.41, 5.74) is 0.344. The van der Waals surface area contributed by atoms with Crippen LogP contribution >= 0.6 is 34.8 Å². The van der Waals surface area contributed by atoms with E-state index in [4.69, 9.17) is 34.8 Å². The van der Waals surface area contributed by atoms with Gasteiger partial charge < -0.3 is 10.6 Å². The van der Waals surface area contributed by atoms with Gasteiger partial charge in [0.25, 0.3) is 5.69 Å². The normalized spacial score (nSPS) is 10.1. The van der Waals surface area contributed by atoms with Gasteiger partial charge in [0.2, 0.25) is 0 Å². The topological polar surface area (TPSA) is 84.3 Å². The zero-order valence-electron chi connectivity index (χ0n) is 10.8. The van der Waals surface area contributed by atoms with Crippen LogP contribution in [0.1, 0.15) is 0 Å². The summed E-state index contributed by atoms with van der Waals surface area (Å²) < 4.78 is 0. The molecule has 0 unspecified atom stereocenters. The van der Waals surface area contributed by atoms with E-state index < -0.39 is 11.0 Å². The molecule has 6 nitrogen and oxygen atoms in total. The molecule has 2 amide bonds. The molecule has 0 aromatic heterocycles. The lowest BCUT2D eigenvalue weighted by Gasteiger charge is -2.09. The van der Waals surface area contributed by atoms with Crippen molar-refractivity contribution in [3.8, 4) is 0 Å². The third-order valence-corrected chi connectivity index (χ3v) is 3.66. The molecule has 0 saturated heterocycles. The highest BCUT2D eigenvalue weighted by Crippen LogP contribution is 2.28. The molecule has 2 aromatic carbocycles. The third-order valence-electron chi connectivity index (χ3n) is 2.59. The van der Waals surface area contributed by atoms with Gasteiger partial charge in [-0.05, 0) is 24.3 Å². The van der Waals surface area contributed by atoms with E-state index in [2.05, 4.69) is 10.6 Å². The number of nitrogens with one attached hydrogen (secondary N) is 2. The molecule has 114 valence electrons. The molecule has 22 heavy (non-hydrogen) atoms. The first-order chi connectivity index (χ1) is 10.4. The van der Waals surface area contributed by atoms with Crippen LogP contribution in [0, 0.1) is 10.1 Å². The van der Waals surface area contributed by atoms with Gasteiger partial charge in [-0.1, -0.05) is 34.8 Å². The Labute approximate surface area is 140 Å². The number of rotatable bonds is 3. The summed E-state index contributed by atoms with van der Waals surface area (Å²) >= 11 is 17.5. The Kier molecular flexibility index (Phi) is 5.07. The first-order valence-electron chi connectivity index (χ1n) is 5.84. The van der Waals surface area contributed by atoms with Crippen LogP contribution in [-0.2, 0) is 0 Å². The Hall–Kier alpha value is -2.02. The second-order valence-corrected chi connectivity index (χ2v) is 5.35. The van der Waals surface area contributed by atoms with Crippen molar-refractivity contribution in [3.63, 3.8) is 0 Å². The number of amides is 2. The van der Waals surface area contributed by atoms with Gasteiger partial charge in [0, 0.05) is 17.8 Å². The molecule has 2 N–H and O–H groups in total. The van der Waals surface area contributed by atoms with E-state index in [1.165, 1.54) is 24.3 Å². The maximum Gasteiger partial charge on any atom is 0.323 e. The van der Waals surface area contributed by atoms with E-state index >= 15 is 0 Å². The summed E-state index contributed by atoms with van der Waals surface area (Å²) in [6.07, 6.45) is 0. The van der Waals surface area contributed by atoms with Crippen molar-refractivity contribution in [2.45, 2.75) is 0 Å². The number of nitro groups is 1. The minimum Gasteiger partial charge on any atom is -0.308 e. The van der Waals surface area contributed by atoms with Crippen LogP contribution in [0.2, 0.25) is 15.1 Å². The summed E-state index contributed by atoms with van der Waals surface area (Å²) in [7, 11) is 0. The fourth-order valence-corrected chi connectivity index (χ4v) is 2.04. The van der Waals surface area contributed by atoms with Crippen molar-refractivity contribution in [1.82, 2.24) is 0 Å². The molecule has 0 aliphatic heterocycles. The molecule has 0 bridgehead atoms. The lowest BCUT2D eigenvalue weighted by molar-refractivity contribution is -0.384.